The molecule has 2 aromatic carbocycles. The average Bonchev–Trinajstić information content (AvgIpc) is 3.20. The molecule has 0 bridgehead atoms. The zero-order valence-electron chi connectivity index (χ0n) is 18.6. The molecule has 0 saturated heterocycles. The van der Waals surface area contributed by atoms with E-state index in [2.05, 4.69) is 10.3 Å². The van der Waals surface area contributed by atoms with Crippen LogP contribution in [-0.4, -0.2) is 42.1 Å². The molecule has 0 aromatic heterocycles. The van der Waals surface area contributed by atoms with Gasteiger partial charge in [0.1, 0.15) is 40.6 Å². The molecule has 0 radical (unpaired) electrons. The summed E-state index contributed by atoms with van der Waals surface area (Å²) < 4.78 is 33.8. The summed E-state index contributed by atoms with van der Waals surface area (Å²) in [7, 11) is 2.83. The van der Waals surface area contributed by atoms with Gasteiger partial charge >= 0.3 is 0 Å². The Balaban J connectivity index is 2.09. The van der Waals surface area contributed by atoms with E-state index in [0.29, 0.717) is 25.1 Å². The highest BCUT2D eigenvalue weighted by Crippen LogP contribution is 2.51. The van der Waals surface area contributed by atoms with Gasteiger partial charge in [-0.05, 0) is 43.5 Å². The van der Waals surface area contributed by atoms with Gasteiger partial charge in [0.05, 0.1) is 0 Å². The van der Waals surface area contributed by atoms with Gasteiger partial charge in [-0.2, -0.15) is 5.10 Å². The number of oxime groups is 1. The summed E-state index contributed by atoms with van der Waals surface area (Å²) in [4.78, 5) is 17.0. The topological polar surface area (TPSA) is 89.5 Å². The lowest BCUT2D eigenvalue weighted by molar-refractivity contribution is -0.144. The number of carbonyl (C=O) groups is 1. The number of amidine groups is 1. The molecule has 0 saturated carbocycles. The SMILES string of the molecule is CON=C(N)CCCC1(c2ccccc2)SC(c2cc(F)ccc2F)=NN1C(=O)C(C)OC. The molecule has 1 heterocycles. The summed E-state index contributed by atoms with van der Waals surface area (Å²) in [6.07, 6.45) is 0.553. The van der Waals surface area contributed by atoms with Crippen LogP contribution in [0.5, 0.6) is 0 Å². The summed E-state index contributed by atoms with van der Waals surface area (Å²) in [5.74, 6) is -1.32. The van der Waals surface area contributed by atoms with Crippen LogP contribution in [0.1, 0.15) is 37.3 Å². The number of carbonyl (C=O) groups excluding carboxylic acids is 1. The zero-order valence-corrected chi connectivity index (χ0v) is 19.4. The molecule has 1 aliphatic heterocycles. The van der Waals surface area contributed by atoms with Gasteiger partial charge in [-0.25, -0.2) is 13.8 Å². The van der Waals surface area contributed by atoms with Gasteiger partial charge in [0.25, 0.3) is 5.91 Å². The van der Waals surface area contributed by atoms with Crippen LogP contribution in [-0.2, 0) is 19.2 Å². The van der Waals surface area contributed by atoms with E-state index in [0.717, 1.165) is 23.8 Å². The second-order valence-electron chi connectivity index (χ2n) is 7.43. The number of nitrogens with zero attached hydrogens (tertiary/aromatic N) is 3. The van der Waals surface area contributed by atoms with Gasteiger partial charge in [0.2, 0.25) is 0 Å². The van der Waals surface area contributed by atoms with Crippen molar-refractivity contribution in [2.75, 3.05) is 14.2 Å². The zero-order chi connectivity index (χ0) is 24.0. The molecule has 0 aliphatic carbocycles. The third-order valence-electron chi connectivity index (χ3n) is 5.25. The summed E-state index contributed by atoms with van der Waals surface area (Å²) in [5, 5.41) is 9.74. The molecule has 2 aromatic rings. The standard InChI is InChI=1S/C23H26F2N4O3S/c1-15(31-2)22(30)29-23(16-8-5-4-6-9-16,13-7-10-20(26)28-32-3)33-21(27-29)18-14-17(24)11-12-19(18)25/h4-6,8-9,11-12,14-15H,7,10,13H2,1-3H3,(H2,26,28). The quantitative estimate of drug-likeness (QED) is 0.333. The van der Waals surface area contributed by atoms with Crippen LogP contribution in [0.2, 0.25) is 0 Å². The third kappa shape index (κ3) is 5.33. The molecule has 176 valence electrons. The second kappa shape index (κ2) is 10.8. The predicted molar refractivity (Wildman–Crippen MR) is 124 cm³/mol. The van der Waals surface area contributed by atoms with Crippen LogP contribution in [0.4, 0.5) is 8.78 Å². The maximum atomic E-state index is 14.6. The Hall–Kier alpha value is -2.98. The third-order valence-corrected chi connectivity index (χ3v) is 6.69. The molecular weight excluding hydrogens is 450 g/mol. The van der Waals surface area contributed by atoms with Crippen molar-refractivity contribution >= 4 is 28.5 Å². The Kier molecular flexibility index (Phi) is 8.04. The smallest absolute Gasteiger partial charge is 0.273 e. The van der Waals surface area contributed by atoms with Crippen molar-refractivity contribution < 1.29 is 23.1 Å². The van der Waals surface area contributed by atoms with Gasteiger partial charge in [-0.1, -0.05) is 47.2 Å². The summed E-state index contributed by atoms with van der Waals surface area (Å²) in [6.45, 7) is 1.61. The van der Waals surface area contributed by atoms with Crippen molar-refractivity contribution in [1.82, 2.24) is 5.01 Å². The lowest BCUT2D eigenvalue weighted by atomic mass is 9.98. The van der Waals surface area contributed by atoms with Gasteiger partial charge in [-0.15, -0.1) is 0 Å². The van der Waals surface area contributed by atoms with E-state index in [1.165, 1.54) is 31.0 Å². The van der Waals surface area contributed by atoms with E-state index in [4.69, 9.17) is 15.3 Å². The van der Waals surface area contributed by atoms with Crippen molar-refractivity contribution in [2.45, 2.75) is 37.2 Å². The van der Waals surface area contributed by atoms with Crippen LogP contribution in [0.3, 0.4) is 0 Å². The van der Waals surface area contributed by atoms with E-state index in [9.17, 15) is 13.6 Å². The highest BCUT2D eigenvalue weighted by Gasteiger charge is 2.49. The summed E-state index contributed by atoms with van der Waals surface area (Å²) >= 11 is 1.20. The van der Waals surface area contributed by atoms with Gasteiger partial charge in [0, 0.05) is 19.1 Å². The molecule has 2 N–H and O–H groups in total. The molecule has 0 fully saturated rings. The highest BCUT2D eigenvalue weighted by molar-refractivity contribution is 8.15. The Labute approximate surface area is 195 Å². The lowest BCUT2D eigenvalue weighted by Gasteiger charge is -2.37. The molecule has 2 unspecified atom stereocenters. The molecule has 0 spiro atoms. The van der Waals surface area contributed by atoms with Crippen LogP contribution in [0.15, 0.2) is 58.8 Å². The number of thioether (sulfide) groups is 1. The Morgan fingerprint density at radius 2 is 1.97 bits per heavy atom. The van der Waals surface area contributed by atoms with Crippen molar-refractivity contribution in [3.05, 3.63) is 71.3 Å². The van der Waals surface area contributed by atoms with Crippen molar-refractivity contribution in [3.8, 4) is 0 Å². The second-order valence-corrected chi connectivity index (χ2v) is 8.69. The van der Waals surface area contributed by atoms with E-state index in [1.54, 1.807) is 6.92 Å². The molecule has 2 atom stereocenters. The fourth-order valence-corrected chi connectivity index (χ4v) is 4.95. The monoisotopic (exact) mass is 476 g/mol. The van der Waals surface area contributed by atoms with E-state index in [1.807, 2.05) is 30.3 Å². The first-order chi connectivity index (χ1) is 15.8. The Bertz CT molecular complexity index is 1050. The maximum absolute atomic E-state index is 14.6. The van der Waals surface area contributed by atoms with Crippen LogP contribution >= 0.6 is 11.8 Å². The van der Waals surface area contributed by atoms with Crippen LogP contribution in [0.25, 0.3) is 0 Å². The fourth-order valence-electron chi connectivity index (χ4n) is 3.52. The van der Waals surface area contributed by atoms with Gasteiger partial charge in [-0.3, -0.25) is 4.79 Å². The molecular formula is C23H26F2N4O3S. The van der Waals surface area contributed by atoms with E-state index < -0.39 is 28.5 Å². The minimum absolute atomic E-state index is 0.0128. The molecule has 1 aliphatic rings. The number of benzene rings is 2. The lowest BCUT2D eigenvalue weighted by Crippen LogP contribution is -2.45. The van der Waals surface area contributed by atoms with E-state index in [-0.39, 0.29) is 10.6 Å². The van der Waals surface area contributed by atoms with Crippen molar-refractivity contribution in [1.29, 1.82) is 0 Å². The minimum Gasteiger partial charge on any atom is -0.398 e. The van der Waals surface area contributed by atoms with Crippen LogP contribution < -0.4 is 5.73 Å². The first kappa shape index (κ1) is 24.7. The number of rotatable bonds is 9. The number of amides is 1. The van der Waals surface area contributed by atoms with Crippen LogP contribution in [0, 0.1) is 11.6 Å². The number of nitrogens with two attached hydrogens (primary N) is 1. The highest BCUT2D eigenvalue weighted by atomic mass is 32.2. The summed E-state index contributed by atoms with van der Waals surface area (Å²) in [6, 6.07) is 12.5. The molecule has 3 rings (SSSR count). The molecule has 1 amide bonds. The average molecular weight is 477 g/mol. The first-order valence-electron chi connectivity index (χ1n) is 10.3. The summed E-state index contributed by atoms with van der Waals surface area (Å²) in [5.41, 5.74) is 6.64. The Morgan fingerprint density at radius 1 is 1.24 bits per heavy atom. The number of halogens is 2. The fraction of sp³-hybridized carbons (Fsp3) is 0.348. The number of hydrogen-bond acceptors (Lipinski definition) is 6. The predicted octanol–water partition coefficient (Wildman–Crippen LogP) is 4.18. The number of methoxy groups -OCH3 is 1. The molecule has 33 heavy (non-hydrogen) atoms. The van der Waals surface area contributed by atoms with Crippen molar-refractivity contribution in [2.24, 2.45) is 16.0 Å². The number of ether oxygens (including phenoxy) is 1. The Morgan fingerprint density at radius 3 is 2.64 bits per heavy atom. The normalized spacial score (nSPS) is 19.4. The largest absolute Gasteiger partial charge is 0.398 e. The van der Waals surface area contributed by atoms with Gasteiger partial charge < -0.3 is 15.3 Å². The van der Waals surface area contributed by atoms with Crippen molar-refractivity contribution in [3.63, 3.8) is 0 Å². The molecule has 7 nitrogen and oxygen atoms in total. The maximum Gasteiger partial charge on any atom is 0.273 e. The minimum atomic E-state index is -1.02. The number of hydrogen-bond donors (Lipinski definition) is 1. The molecule has 10 heteroatoms. The van der Waals surface area contributed by atoms with E-state index >= 15 is 0 Å². The number of hydrazone groups is 1. The first-order valence-corrected chi connectivity index (χ1v) is 11.1. The van der Waals surface area contributed by atoms with Gasteiger partial charge in [0.15, 0.2) is 0 Å².